The van der Waals surface area contributed by atoms with E-state index in [0.29, 0.717) is 42.6 Å². The Kier molecular flexibility index (Phi) is 4.49. The van der Waals surface area contributed by atoms with Crippen LogP contribution in [-0.4, -0.2) is 56.4 Å². The SMILES string of the molecule is O=C([C@H]1C2CC([C@@H](O)C2)N1C(=O)c1ccc2ncoc2c1)N1CCc2sc(Br)cc2C1. The standard InChI is InChI=1S/C22H20BrN3O4S/c23-19-8-13-9-25(4-3-18(13)31-19)22(29)20-12-5-15(16(27)6-12)26(20)21(28)11-1-2-14-17(7-11)30-10-24-14/h1-2,7-8,10,12,15-16,20,27H,3-6,9H2/t12?,15?,16-,20+/m0/s1. The van der Waals surface area contributed by atoms with Crippen molar-refractivity contribution in [3.05, 3.63) is 50.4 Å². The number of amides is 2. The lowest BCUT2D eigenvalue weighted by Gasteiger charge is -2.40. The van der Waals surface area contributed by atoms with Crippen LogP contribution in [0.15, 0.2) is 38.9 Å². The molecule has 0 radical (unpaired) electrons. The van der Waals surface area contributed by atoms with Crippen LogP contribution in [0.2, 0.25) is 0 Å². The number of fused-ring (bicyclic) bond motifs is 4. The quantitative estimate of drug-likeness (QED) is 0.582. The largest absolute Gasteiger partial charge is 0.443 e. The molecule has 2 amide bonds. The van der Waals surface area contributed by atoms with Crippen molar-refractivity contribution in [2.24, 2.45) is 5.92 Å². The fourth-order valence-electron chi connectivity index (χ4n) is 5.43. The van der Waals surface area contributed by atoms with Gasteiger partial charge < -0.3 is 19.3 Å². The van der Waals surface area contributed by atoms with Crippen LogP contribution in [-0.2, 0) is 17.8 Å². The zero-order chi connectivity index (χ0) is 21.3. The molecule has 7 nitrogen and oxygen atoms in total. The van der Waals surface area contributed by atoms with Gasteiger partial charge in [-0.3, -0.25) is 9.59 Å². The van der Waals surface area contributed by atoms with Crippen LogP contribution in [0.3, 0.4) is 0 Å². The molecule has 3 aromatic rings. The number of benzene rings is 1. The molecule has 2 unspecified atom stereocenters. The molecule has 3 aliphatic rings. The summed E-state index contributed by atoms with van der Waals surface area (Å²) in [6.07, 6.45) is 2.82. The molecule has 160 valence electrons. The Hall–Kier alpha value is -2.23. The maximum Gasteiger partial charge on any atom is 0.255 e. The summed E-state index contributed by atoms with van der Waals surface area (Å²) in [6, 6.07) is 6.35. The molecule has 1 saturated carbocycles. The molecule has 2 bridgehead atoms. The summed E-state index contributed by atoms with van der Waals surface area (Å²) in [5.41, 5.74) is 2.83. The predicted octanol–water partition coefficient (Wildman–Crippen LogP) is 3.20. The molecule has 2 fully saturated rings. The number of likely N-dealkylation sites (tertiary alicyclic amines) is 1. The van der Waals surface area contributed by atoms with E-state index in [-0.39, 0.29) is 23.8 Å². The van der Waals surface area contributed by atoms with E-state index in [1.54, 1.807) is 34.4 Å². The van der Waals surface area contributed by atoms with E-state index in [4.69, 9.17) is 4.42 Å². The Morgan fingerprint density at radius 2 is 2.13 bits per heavy atom. The van der Waals surface area contributed by atoms with Crippen LogP contribution in [0.1, 0.15) is 33.6 Å². The fraction of sp³-hybridized carbons (Fsp3) is 0.409. The Bertz CT molecular complexity index is 1210. The van der Waals surface area contributed by atoms with E-state index in [1.807, 2.05) is 4.90 Å². The molecular formula is C22H20BrN3O4S. The van der Waals surface area contributed by atoms with Crippen LogP contribution in [0.25, 0.3) is 11.1 Å². The summed E-state index contributed by atoms with van der Waals surface area (Å²) in [5.74, 6) is -0.263. The van der Waals surface area contributed by atoms with Gasteiger partial charge in [-0.2, -0.15) is 0 Å². The Labute approximate surface area is 190 Å². The van der Waals surface area contributed by atoms with Gasteiger partial charge in [-0.25, -0.2) is 4.98 Å². The topological polar surface area (TPSA) is 86.9 Å². The number of carbonyl (C=O) groups excluding carboxylic acids is 2. The molecule has 4 heterocycles. The van der Waals surface area contributed by atoms with Gasteiger partial charge in [0.2, 0.25) is 5.91 Å². The van der Waals surface area contributed by atoms with Crippen molar-refractivity contribution in [1.29, 1.82) is 0 Å². The van der Waals surface area contributed by atoms with Gasteiger partial charge >= 0.3 is 0 Å². The van der Waals surface area contributed by atoms with Crippen molar-refractivity contribution < 1.29 is 19.1 Å². The molecule has 1 aliphatic carbocycles. The van der Waals surface area contributed by atoms with Gasteiger partial charge in [-0.05, 0) is 70.9 Å². The fourth-order valence-corrected chi connectivity index (χ4v) is 7.17. The number of carbonyl (C=O) groups is 2. The molecular weight excluding hydrogens is 482 g/mol. The lowest BCUT2D eigenvalue weighted by molar-refractivity contribution is -0.139. The van der Waals surface area contributed by atoms with E-state index < -0.39 is 12.1 Å². The van der Waals surface area contributed by atoms with Crippen molar-refractivity contribution in [2.45, 2.75) is 44.0 Å². The zero-order valence-electron chi connectivity index (χ0n) is 16.5. The second kappa shape index (κ2) is 7.15. The summed E-state index contributed by atoms with van der Waals surface area (Å²) in [5, 5.41) is 10.5. The third-order valence-electron chi connectivity index (χ3n) is 6.85. The molecule has 4 atom stereocenters. The van der Waals surface area contributed by atoms with Crippen molar-refractivity contribution in [3.63, 3.8) is 0 Å². The number of aliphatic hydroxyl groups is 1. The number of hydrogen-bond donors (Lipinski definition) is 1. The molecule has 1 N–H and O–H groups in total. The average molecular weight is 502 g/mol. The van der Waals surface area contributed by atoms with Gasteiger partial charge in [0.05, 0.1) is 15.9 Å². The summed E-state index contributed by atoms with van der Waals surface area (Å²) in [4.78, 5) is 36.1. The number of hydrogen-bond acceptors (Lipinski definition) is 6. The molecule has 2 aliphatic heterocycles. The first-order valence-electron chi connectivity index (χ1n) is 10.4. The summed E-state index contributed by atoms with van der Waals surface area (Å²) < 4.78 is 6.43. The molecule has 6 rings (SSSR count). The number of aliphatic hydroxyl groups excluding tert-OH is 1. The lowest BCUT2D eigenvalue weighted by atomic mass is 9.94. The predicted molar refractivity (Wildman–Crippen MR) is 118 cm³/mol. The second-order valence-corrected chi connectivity index (χ2v) is 11.1. The first-order chi connectivity index (χ1) is 15.0. The molecule has 1 saturated heterocycles. The van der Waals surface area contributed by atoms with Crippen molar-refractivity contribution in [2.75, 3.05) is 6.54 Å². The Morgan fingerprint density at radius 3 is 3.00 bits per heavy atom. The van der Waals surface area contributed by atoms with Crippen molar-refractivity contribution in [1.82, 2.24) is 14.8 Å². The number of oxazole rings is 1. The lowest BCUT2D eigenvalue weighted by Crippen LogP contribution is -2.57. The van der Waals surface area contributed by atoms with Crippen LogP contribution in [0, 0.1) is 5.92 Å². The summed E-state index contributed by atoms with van der Waals surface area (Å²) in [7, 11) is 0. The van der Waals surface area contributed by atoms with Crippen LogP contribution in [0.4, 0.5) is 0 Å². The van der Waals surface area contributed by atoms with Crippen molar-refractivity contribution in [3.8, 4) is 0 Å². The van der Waals surface area contributed by atoms with Gasteiger partial charge in [0.25, 0.3) is 5.91 Å². The maximum absolute atomic E-state index is 13.6. The van der Waals surface area contributed by atoms with E-state index >= 15 is 0 Å². The molecule has 2 aromatic heterocycles. The number of nitrogens with zero attached hydrogens (tertiary/aromatic N) is 3. The highest BCUT2D eigenvalue weighted by Crippen LogP contribution is 2.44. The van der Waals surface area contributed by atoms with E-state index in [9.17, 15) is 14.7 Å². The third kappa shape index (κ3) is 3.05. The molecule has 9 heteroatoms. The number of halogens is 1. The van der Waals surface area contributed by atoms with Crippen LogP contribution in [0.5, 0.6) is 0 Å². The monoisotopic (exact) mass is 501 g/mol. The highest BCUT2D eigenvalue weighted by Gasteiger charge is 2.56. The smallest absolute Gasteiger partial charge is 0.255 e. The van der Waals surface area contributed by atoms with E-state index in [1.165, 1.54) is 16.8 Å². The van der Waals surface area contributed by atoms with Gasteiger partial charge in [-0.1, -0.05) is 0 Å². The molecule has 31 heavy (non-hydrogen) atoms. The average Bonchev–Trinajstić information content (AvgIpc) is 3.52. The Balaban J connectivity index is 1.31. The number of aromatic nitrogens is 1. The molecule has 0 spiro atoms. The second-order valence-electron chi connectivity index (χ2n) is 8.57. The van der Waals surface area contributed by atoms with Gasteiger partial charge in [0.1, 0.15) is 11.6 Å². The van der Waals surface area contributed by atoms with Gasteiger partial charge in [0.15, 0.2) is 12.0 Å². The number of rotatable bonds is 2. The minimum absolute atomic E-state index is 0.0125. The molecule has 1 aromatic carbocycles. The highest BCUT2D eigenvalue weighted by molar-refractivity contribution is 9.11. The van der Waals surface area contributed by atoms with Crippen LogP contribution < -0.4 is 0 Å². The minimum atomic E-state index is -0.590. The number of piperidine rings is 1. The zero-order valence-corrected chi connectivity index (χ0v) is 18.9. The third-order valence-corrected chi connectivity index (χ3v) is 8.59. The highest BCUT2D eigenvalue weighted by atomic mass is 79.9. The summed E-state index contributed by atoms with van der Waals surface area (Å²) >= 11 is 5.26. The maximum atomic E-state index is 13.6. The van der Waals surface area contributed by atoms with Crippen LogP contribution >= 0.6 is 27.3 Å². The van der Waals surface area contributed by atoms with Gasteiger partial charge in [0, 0.05) is 23.5 Å². The van der Waals surface area contributed by atoms with Gasteiger partial charge in [-0.15, -0.1) is 11.3 Å². The Morgan fingerprint density at radius 1 is 1.26 bits per heavy atom. The summed E-state index contributed by atoms with van der Waals surface area (Å²) in [6.45, 7) is 1.22. The minimum Gasteiger partial charge on any atom is -0.443 e. The normalized spacial score (nSPS) is 27.2. The number of thiophene rings is 1. The van der Waals surface area contributed by atoms with E-state index in [2.05, 4.69) is 27.0 Å². The first-order valence-corrected chi connectivity index (χ1v) is 12.0. The first kappa shape index (κ1) is 19.5. The van der Waals surface area contributed by atoms with Crippen molar-refractivity contribution >= 4 is 50.2 Å². The van der Waals surface area contributed by atoms with E-state index in [0.717, 1.165) is 10.2 Å².